The van der Waals surface area contributed by atoms with Crippen molar-refractivity contribution in [3.8, 4) is 0 Å². The molecule has 0 aliphatic heterocycles. The molecule has 0 bridgehead atoms. The van der Waals surface area contributed by atoms with Gasteiger partial charge in [0.15, 0.2) is 0 Å². The average Bonchev–Trinajstić information content (AvgIpc) is 2.17. The molecule has 1 aromatic carbocycles. The number of para-hydroxylation sites is 1. The SMILES string of the molecule is CCc1cc2ccccc2nc1C. The van der Waals surface area contributed by atoms with Crippen LogP contribution in [-0.4, -0.2) is 4.98 Å². The van der Waals surface area contributed by atoms with Gasteiger partial charge in [0.25, 0.3) is 0 Å². The minimum atomic E-state index is 1.06. The maximum Gasteiger partial charge on any atom is 0.0705 e. The van der Waals surface area contributed by atoms with Crippen LogP contribution in [0.15, 0.2) is 30.3 Å². The van der Waals surface area contributed by atoms with Crippen molar-refractivity contribution in [1.82, 2.24) is 4.98 Å². The molecule has 0 unspecified atom stereocenters. The van der Waals surface area contributed by atoms with Crippen LogP contribution in [0.1, 0.15) is 18.2 Å². The summed E-state index contributed by atoms with van der Waals surface area (Å²) in [7, 11) is 0. The summed E-state index contributed by atoms with van der Waals surface area (Å²) in [5.74, 6) is 0. The first-order valence-corrected chi connectivity index (χ1v) is 4.66. The van der Waals surface area contributed by atoms with E-state index in [4.69, 9.17) is 0 Å². The standard InChI is InChI=1S/C12H13N/c1-3-10-8-11-6-4-5-7-12(11)13-9(10)2/h4-8H,3H2,1-2H3. The van der Waals surface area contributed by atoms with Crippen LogP contribution in [0.25, 0.3) is 10.9 Å². The molecule has 0 N–H and O–H groups in total. The van der Waals surface area contributed by atoms with Crippen LogP contribution in [0.3, 0.4) is 0 Å². The second-order valence-corrected chi connectivity index (χ2v) is 3.28. The van der Waals surface area contributed by atoms with Gasteiger partial charge in [-0.2, -0.15) is 0 Å². The summed E-state index contributed by atoms with van der Waals surface area (Å²) in [4.78, 5) is 4.55. The summed E-state index contributed by atoms with van der Waals surface area (Å²) in [6.07, 6.45) is 1.06. The third-order valence-electron chi connectivity index (χ3n) is 2.40. The number of benzene rings is 1. The fourth-order valence-corrected chi connectivity index (χ4v) is 1.61. The number of hydrogen-bond acceptors (Lipinski definition) is 1. The summed E-state index contributed by atoms with van der Waals surface area (Å²) in [6.45, 7) is 4.24. The van der Waals surface area contributed by atoms with Gasteiger partial charge in [-0.3, -0.25) is 4.98 Å². The Kier molecular flexibility index (Phi) is 2.01. The molecule has 0 radical (unpaired) electrons. The highest BCUT2D eigenvalue weighted by atomic mass is 14.7. The lowest BCUT2D eigenvalue weighted by Crippen LogP contribution is -1.91. The van der Waals surface area contributed by atoms with Gasteiger partial charge in [-0.05, 0) is 31.0 Å². The molecule has 2 rings (SSSR count). The maximum absolute atomic E-state index is 4.55. The van der Waals surface area contributed by atoms with Gasteiger partial charge in [0.1, 0.15) is 0 Å². The maximum atomic E-state index is 4.55. The van der Waals surface area contributed by atoms with Gasteiger partial charge < -0.3 is 0 Å². The second-order valence-electron chi connectivity index (χ2n) is 3.28. The van der Waals surface area contributed by atoms with Crippen molar-refractivity contribution in [3.05, 3.63) is 41.6 Å². The largest absolute Gasteiger partial charge is 0.253 e. The van der Waals surface area contributed by atoms with E-state index in [1.807, 2.05) is 6.07 Å². The van der Waals surface area contributed by atoms with E-state index >= 15 is 0 Å². The van der Waals surface area contributed by atoms with Crippen LogP contribution in [-0.2, 0) is 6.42 Å². The lowest BCUT2D eigenvalue weighted by atomic mass is 10.1. The van der Waals surface area contributed by atoms with Gasteiger partial charge in [-0.15, -0.1) is 0 Å². The molecule has 0 aliphatic carbocycles. The Morgan fingerprint density at radius 3 is 2.77 bits per heavy atom. The van der Waals surface area contributed by atoms with E-state index < -0.39 is 0 Å². The minimum Gasteiger partial charge on any atom is -0.253 e. The molecular weight excluding hydrogens is 158 g/mol. The summed E-state index contributed by atoms with van der Waals surface area (Å²) in [5.41, 5.74) is 3.59. The molecule has 0 saturated heterocycles. The summed E-state index contributed by atoms with van der Waals surface area (Å²) < 4.78 is 0. The van der Waals surface area contributed by atoms with Crippen molar-refractivity contribution >= 4 is 10.9 Å². The van der Waals surface area contributed by atoms with Crippen LogP contribution in [0.4, 0.5) is 0 Å². The topological polar surface area (TPSA) is 12.9 Å². The third kappa shape index (κ3) is 1.42. The fraction of sp³-hybridized carbons (Fsp3) is 0.250. The first kappa shape index (κ1) is 8.24. The summed E-state index contributed by atoms with van der Waals surface area (Å²) in [5, 5.41) is 1.24. The predicted molar refractivity (Wildman–Crippen MR) is 55.9 cm³/mol. The molecule has 1 nitrogen and oxygen atoms in total. The number of aromatic nitrogens is 1. The van der Waals surface area contributed by atoms with E-state index in [1.54, 1.807) is 0 Å². The zero-order valence-corrected chi connectivity index (χ0v) is 8.04. The zero-order valence-electron chi connectivity index (χ0n) is 8.04. The molecule has 66 valence electrons. The highest BCUT2D eigenvalue weighted by Gasteiger charge is 1.99. The third-order valence-corrected chi connectivity index (χ3v) is 2.40. The van der Waals surface area contributed by atoms with Crippen molar-refractivity contribution in [2.45, 2.75) is 20.3 Å². The first-order chi connectivity index (χ1) is 6.31. The number of nitrogens with zero attached hydrogens (tertiary/aromatic N) is 1. The molecular formula is C12H13N. The predicted octanol–water partition coefficient (Wildman–Crippen LogP) is 3.11. The van der Waals surface area contributed by atoms with Gasteiger partial charge in [0.05, 0.1) is 5.52 Å². The number of hydrogen-bond donors (Lipinski definition) is 0. The van der Waals surface area contributed by atoms with Crippen molar-refractivity contribution in [3.63, 3.8) is 0 Å². The first-order valence-electron chi connectivity index (χ1n) is 4.66. The Bertz CT molecular complexity index is 432. The Morgan fingerprint density at radius 1 is 1.23 bits per heavy atom. The van der Waals surface area contributed by atoms with E-state index in [-0.39, 0.29) is 0 Å². The fourth-order valence-electron chi connectivity index (χ4n) is 1.61. The smallest absolute Gasteiger partial charge is 0.0705 e. The lowest BCUT2D eigenvalue weighted by molar-refractivity contribution is 1.07. The normalized spacial score (nSPS) is 10.6. The minimum absolute atomic E-state index is 1.06. The van der Waals surface area contributed by atoms with E-state index in [0.717, 1.165) is 17.6 Å². The molecule has 2 aromatic rings. The van der Waals surface area contributed by atoms with Gasteiger partial charge in [-0.25, -0.2) is 0 Å². The van der Waals surface area contributed by atoms with E-state index in [1.165, 1.54) is 10.9 Å². The number of pyridine rings is 1. The van der Waals surface area contributed by atoms with Crippen LogP contribution in [0, 0.1) is 6.92 Å². The number of rotatable bonds is 1. The molecule has 0 fully saturated rings. The molecule has 0 spiro atoms. The molecule has 13 heavy (non-hydrogen) atoms. The Hall–Kier alpha value is -1.37. The lowest BCUT2D eigenvalue weighted by Gasteiger charge is -2.04. The van der Waals surface area contributed by atoms with Gasteiger partial charge in [0, 0.05) is 11.1 Å². The van der Waals surface area contributed by atoms with Crippen molar-refractivity contribution < 1.29 is 0 Å². The van der Waals surface area contributed by atoms with Crippen LogP contribution in [0.2, 0.25) is 0 Å². The molecule has 1 heterocycles. The van der Waals surface area contributed by atoms with E-state index in [0.29, 0.717) is 0 Å². The van der Waals surface area contributed by atoms with E-state index in [2.05, 4.69) is 43.1 Å². The zero-order chi connectivity index (χ0) is 9.26. The Balaban J connectivity index is 2.74. The van der Waals surface area contributed by atoms with Crippen LogP contribution >= 0.6 is 0 Å². The summed E-state index contributed by atoms with van der Waals surface area (Å²) >= 11 is 0. The van der Waals surface area contributed by atoms with E-state index in [9.17, 15) is 0 Å². The van der Waals surface area contributed by atoms with Crippen LogP contribution < -0.4 is 0 Å². The highest BCUT2D eigenvalue weighted by Crippen LogP contribution is 2.16. The number of aryl methyl sites for hydroxylation is 2. The Morgan fingerprint density at radius 2 is 2.00 bits per heavy atom. The van der Waals surface area contributed by atoms with Crippen molar-refractivity contribution in [2.24, 2.45) is 0 Å². The quantitative estimate of drug-likeness (QED) is 0.642. The van der Waals surface area contributed by atoms with Crippen molar-refractivity contribution in [1.29, 1.82) is 0 Å². The average molecular weight is 171 g/mol. The molecule has 1 heteroatoms. The summed E-state index contributed by atoms with van der Waals surface area (Å²) in [6, 6.07) is 10.5. The van der Waals surface area contributed by atoms with Crippen molar-refractivity contribution in [2.75, 3.05) is 0 Å². The second kappa shape index (κ2) is 3.17. The van der Waals surface area contributed by atoms with Crippen LogP contribution in [0.5, 0.6) is 0 Å². The van der Waals surface area contributed by atoms with Gasteiger partial charge in [-0.1, -0.05) is 25.1 Å². The monoisotopic (exact) mass is 171 g/mol. The molecule has 1 aromatic heterocycles. The molecule has 0 aliphatic rings. The van der Waals surface area contributed by atoms with Gasteiger partial charge in [0.2, 0.25) is 0 Å². The molecule has 0 atom stereocenters. The highest BCUT2D eigenvalue weighted by molar-refractivity contribution is 5.79. The molecule has 0 saturated carbocycles. The Labute approximate surface area is 78.4 Å². The molecule has 0 amide bonds. The number of fused-ring (bicyclic) bond motifs is 1. The van der Waals surface area contributed by atoms with Gasteiger partial charge >= 0.3 is 0 Å².